The quantitative estimate of drug-likeness (QED) is 0.477. The fourth-order valence-corrected chi connectivity index (χ4v) is 5.19. The first-order chi connectivity index (χ1) is 13.9. The number of hydrogen-bond donors (Lipinski definition) is 1. The second-order valence-corrected chi connectivity index (χ2v) is 8.95. The Kier molecular flexibility index (Phi) is 5.36. The highest BCUT2D eigenvalue weighted by Crippen LogP contribution is 2.38. The van der Waals surface area contributed by atoms with E-state index in [2.05, 4.69) is 15.1 Å². The van der Waals surface area contributed by atoms with Crippen LogP contribution in [0.15, 0.2) is 43.2 Å². The molecule has 4 aromatic rings. The lowest BCUT2D eigenvalue weighted by Crippen LogP contribution is -2.41. The van der Waals surface area contributed by atoms with E-state index < -0.39 is 28.4 Å². The summed E-state index contributed by atoms with van der Waals surface area (Å²) >= 11 is 2.70. The van der Waals surface area contributed by atoms with Crippen LogP contribution in [0.3, 0.4) is 0 Å². The number of benzene rings is 1. The first-order valence-electron chi connectivity index (χ1n) is 8.60. The topological polar surface area (TPSA) is 68.2 Å². The van der Waals surface area contributed by atoms with Crippen molar-refractivity contribution in [1.82, 2.24) is 24.1 Å². The molecule has 0 saturated carbocycles. The van der Waals surface area contributed by atoms with Crippen molar-refractivity contribution >= 4 is 28.1 Å². The van der Waals surface area contributed by atoms with Crippen LogP contribution in [0.5, 0.6) is 0 Å². The van der Waals surface area contributed by atoms with E-state index in [0.29, 0.717) is 10.7 Å². The monoisotopic (exact) mass is 439 g/mol. The minimum absolute atomic E-state index is 0.0265. The van der Waals surface area contributed by atoms with Crippen molar-refractivity contribution in [1.29, 1.82) is 0 Å². The smallest absolute Gasteiger partial charge is 0.218 e. The van der Waals surface area contributed by atoms with Crippen molar-refractivity contribution in [2.45, 2.75) is 30.1 Å². The van der Waals surface area contributed by atoms with E-state index in [0.717, 1.165) is 23.2 Å². The van der Waals surface area contributed by atoms with Gasteiger partial charge in [-0.2, -0.15) is 9.49 Å². The molecular weight excluding hydrogens is 423 g/mol. The van der Waals surface area contributed by atoms with E-state index in [9.17, 15) is 18.3 Å². The molecule has 0 bridgehead atoms. The van der Waals surface area contributed by atoms with Gasteiger partial charge in [0.05, 0.1) is 12.7 Å². The molecule has 0 unspecified atom stereocenters. The Morgan fingerprint density at radius 3 is 2.83 bits per heavy atom. The van der Waals surface area contributed by atoms with Gasteiger partial charge in [0, 0.05) is 33.7 Å². The zero-order chi connectivity index (χ0) is 20.6. The molecular formula is C18H16F3N5OS2. The number of thiazole rings is 1. The average molecular weight is 439 g/mol. The van der Waals surface area contributed by atoms with Gasteiger partial charge in [0.25, 0.3) is 0 Å². The standard InChI is InChI=1S/C18H16F3N5OS2/c1-11(28-7-13-6-26-16(21)5-23-17(26)29-13)18(27,8-25-10-22-9-24-25)14-3-2-12(19)4-15(14)20/h2-6,9-11,27H,7-8H2,1H3/t11-,18-/m1/s1. The summed E-state index contributed by atoms with van der Waals surface area (Å²) in [5, 5.41) is 15.0. The third-order valence-electron chi connectivity index (χ3n) is 4.63. The lowest BCUT2D eigenvalue weighted by Gasteiger charge is -2.34. The highest BCUT2D eigenvalue weighted by Gasteiger charge is 2.39. The average Bonchev–Trinajstić information content (AvgIpc) is 3.39. The van der Waals surface area contributed by atoms with E-state index in [4.69, 9.17) is 0 Å². The summed E-state index contributed by atoms with van der Waals surface area (Å²) < 4.78 is 44.3. The molecule has 0 fully saturated rings. The van der Waals surface area contributed by atoms with Crippen molar-refractivity contribution in [3.8, 4) is 0 Å². The van der Waals surface area contributed by atoms with Gasteiger partial charge in [-0.1, -0.05) is 13.0 Å². The number of aliphatic hydroxyl groups is 1. The zero-order valence-electron chi connectivity index (χ0n) is 15.2. The SMILES string of the molecule is C[C@@H](SCc1cn2c(F)cnc2s1)[C@](O)(Cn1cncn1)c1ccc(F)cc1F. The van der Waals surface area contributed by atoms with Gasteiger partial charge < -0.3 is 5.11 Å². The minimum Gasteiger partial charge on any atom is -0.382 e. The van der Waals surface area contributed by atoms with Gasteiger partial charge in [-0.3, -0.25) is 4.40 Å². The van der Waals surface area contributed by atoms with Crippen molar-refractivity contribution in [3.63, 3.8) is 0 Å². The number of halogens is 3. The molecule has 0 amide bonds. The third kappa shape index (κ3) is 3.89. The van der Waals surface area contributed by atoms with E-state index in [1.165, 1.54) is 50.9 Å². The first kappa shape index (κ1) is 19.9. The van der Waals surface area contributed by atoms with Crippen LogP contribution in [-0.2, 0) is 17.9 Å². The number of rotatable bonds is 7. The normalized spacial score (nSPS) is 14.9. The van der Waals surface area contributed by atoms with Crippen LogP contribution in [-0.4, -0.2) is 34.5 Å². The van der Waals surface area contributed by atoms with Crippen LogP contribution >= 0.6 is 23.1 Å². The van der Waals surface area contributed by atoms with Crippen LogP contribution < -0.4 is 0 Å². The molecule has 0 spiro atoms. The zero-order valence-corrected chi connectivity index (χ0v) is 16.8. The summed E-state index contributed by atoms with van der Waals surface area (Å²) in [4.78, 5) is 9.22. The molecule has 4 rings (SSSR count). The van der Waals surface area contributed by atoms with Gasteiger partial charge in [-0.25, -0.2) is 23.4 Å². The number of nitrogens with zero attached hydrogens (tertiary/aromatic N) is 5. The van der Waals surface area contributed by atoms with Crippen molar-refractivity contribution in [2.75, 3.05) is 0 Å². The van der Waals surface area contributed by atoms with Crippen LogP contribution in [0, 0.1) is 17.6 Å². The second-order valence-electron chi connectivity index (χ2n) is 6.53. The maximum atomic E-state index is 14.5. The second kappa shape index (κ2) is 7.81. The molecule has 0 saturated heterocycles. The van der Waals surface area contributed by atoms with Crippen molar-refractivity contribution in [3.05, 3.63) is 71.3 Å². The summed E-state index contributed by atoms with van der Waals surface area (Å²) in [5.74, 6) is -1.55. The number of hydrogen-bond acceptors (Lipinski definition) is 6. The highest BCUT2D eigenvalue weighted by molar-refractivity contribution is 7.99. The first-order valence-corrected chi connectivity index (χ1v) is 10.5. The van der Waals surface area contributed by atoms with Crippen molar-refractivity contribution in [2.24, 2.45) is 0 Å². The molecule has 0 aliphatic rings. The summed E-state index contributed by atoms with van der Waals surface area (Å²) in [7, 11) is 0. The Morgan fingerprint density at radius 2 is 2.14 bits per heavy atom. The summed E-state index contributed by atoms with van der Waals surface area (Å²) in [6.07, 6.45) is 5.53. The van der Waals surface area contributed by atoms with E-state index >= 15 is 0 Å². The minimum atomic E-state index is -1.68. The number of aromatic nitrogens is 5. The molecule has 0 radical (unpaired) electrons. The van der Waals surface area contributed by atoms with Crippen LogP contribution in [0.25, 0.3) is 4.96 Å². The fourth-order valence-electron chi connectivity index (χ4n) is 3.05. The Balaban J connectivity index is 1.60. The molecule has 3 aromatic heterocycles. The number of thioether (sulfide) groups is 1. The molecule has 29 heavy (non-hydrogen) atoms. The summed E-state index contributed by atoms with van der Waals surface area (Å²) in [6, 6.07) is 3.10. The number of imidazole rings is 1. The van der Waals surface area contributed by atoms with Crippen molar-refractivity contribution < 1.29 is 18.3 Å². The van der Waals surface area contributed by atoms with Crippen LogP contribution in [0.2, 0.25) is 0 Å². The largest absolute Gasteiger partial charge is 0.382 e. The van der Waals surface area contributed by atoms with Crippen LogP contribution in [0.4, 0.5) is 13.2 Å². The maximum Gasteiger partial charge on any atom is 0.218 e. The summed E-state index contributed by atoms with van der Waals surface area (Å²) in [6.45, 7) is 1.69. The Morgan fingerprint density at radius 1 is 1.31 bits per heavy atom. The van der Waals surface area contributed by atoms with Gasteiger partial charge >= 0.3 is 0 Å². The van der Waals surface area contributed by atoms with E-state index in [1.807, 2.05) is 0 Å². The lowest BCUT2D eigenvalue weighted by atomic mass is 9.90. The van der Waals surface area contributed by atoms with Gasteiger partial charge in [-0.15, -0.1) is 23.1 Å². The summed E-state index contributed by atoms with van der Waals surface area (Å²) in [5.41, 5.74) is -1.71. The Bertz CT molecular complexity index is 1130. The molecule has 152 valence electrons. The van der Waals surface area contributed by atoms with E-state index in [-0.39, 0.29) is 12.1 Å². The predicted molar refractivity (Wildman–Crippen MR) is 104 cm³/mol. The molecule has 1 aromatic carbocycles. The Hall–Kier alpha value is -2.37. The third-order valence-corrected chi connectivity index (χ3v) is 7.18. The van der Waals surface area contributed by atoms with Gasteiger partial charge in [0.2, 0.25) is 5.95 Å². The molecule has 1 N–H and O–H groups in total. The molecule has 11 heteroatoms. The van der Waals surface area contributed by atoms with Gasteiger partial charge in [0.1, 0.15) is 29.9 Å². The fraction of sp³-hybridized carbons (Fsp3) is 0.278. The molecule has 6 nitrogen and oxygen atoms in total. The van der Waals surface area contributed by atoms with Crippen LogP contribution in [0.1, 0.15) is 17.4 Å². The molecule has 3 heterocycles. The van der Waals surface area contributed by atoms with Gasteiger partial charge in [0.15, 0.2) is 4.96 Å². The maximum absolute atomic E-state index is 14.5. The Labute approximate surface area is 172 Å². The van der Waals surface area contributed by atoms with Gasteiger partial charge in [-0.05, 0) is 6.07 Å². The lowest BCUT2D eigenvalue weighted by molar-refractivity contribution is 0.0133. The molecule has 0 aliphatic carbocycles. The number of fused-ring (bicyclic) bond motifs is 1. The highest BCUT2D eigenvalue weighted by atomic mass is 32.2. The predicted octanol–water partition coefficient (Wildman–Crippen LogP) is 3.61. The van der Waals surface area contributed by atoms with E-state index in [1.54, 1.807) is 13.1 Å². The molecule has 2 atom stereocenters. The molecule has 0 aliphatic heterocycles.